The zero-order valence-corrected chi connectivity index (χ0v) is 20.8. The number of primary amides is 1. The summed E-state index contributed by atoms with van der Waals surface area (Å²) in [6.45, 7) is -0.0524. The van der Waals surface area contributed by atoms with E-state index in [4.69, 9.17) is 5.73 Å². The fourth-order valence-corrected chi connectivity index (χ4v) is 6.50. The van der Waals surface area contributed by atoms with E-state index in [9.17, 15) is 35.6 Å². The Labute approximate surface area is 220 Å². The summed E-state index contributed by atoms with van der Waals surface area (Å²) < 4.78 is 79.3. The molecule has 39 heavy (non-hydrogen) atoms. The number of benzene rings is 2. The fourth-order valence-electron chi connectivity index (χ4n) is 4.81. The summed E-state index contributed by atoms with van der Waals surface area (Å²) in [5.41, 5.74) is 6.42. The standard InChI is InChI=1S/C25H21F4N5O4S/c26-17-2-4-18(5-3-17)39(37,38)34-12-15-8-20(15)21(34)23(36)31-9-14-7-13(1-6-19(14)22(30)35)16-10-32-24(33-11-16)25(27,28)29/h1-7,10-11,15,20-21H,8-9,12H2,(H2,30,35)(H,31,36)/t15-,20-,21-/m0/s1. The van der Waals surface area contributed by atoms with Gasteiger partial charge in [-0.05, 0) is 65.8 Å². The van der Waals surface area contributed by atoms with Crippen LogP contribution in [-0.2, 0) is 27.5 Å². The van der Waals surface area contributed by atoms with Gasteiger partial charge in [-0.2, -0.15) is 17.5 Å². The molecule has 0 spiro atoms. The first-order valence-corrected chi connectivity index (χ1v) is 13.2. The molecule has 1 saturated heterocycles. The van der Waals surface area contributed by atoms with Gasteiger partial charge in [0.15, 0.2) is 0 Å². The van der Waals surface area contributed by atoms with Crippen molar-refractivity contribution in [2.24, 2.45) is 17.6 Å². The first kappa shape index (κ1) is 26.7. The van der Waals surface area contributed by atoms with E-state index in [-0.39, 0.29) is 46.5 Å². The van der Waals surface area contributed by atoms with E-state index < -0.39 is 45.7 Å². The van der Waals surface area contributed by atoms with Crippen molar-refractivity contribution < 1.29 is 35.6 Å². The topological polar surface area (TPSA) is 135 Å². The van der Waals surface area contributed by atoms with Gasteiger partial charge >= 0.3 is 6.18 Å². The second-order valence-corrected chi connectivity index (χ2v) is 11.3. The van der Waals surface area contributed by atoms with Crippen LogP contribution in [0, 0.1) is 17.7 Å². The summed E-state index contributed by atoms with van der Waals surface area (Å²) in [5.74, 6) is -3.42. The van der Waals surface area contributed by atoms with Crippen LogP contribution in [-0.4, -0.2) is 47.1 Å². The number of fused-ring (bicyclic) bond motifs is 1. The molecule has 1 aliphatic heterocycles. The van der Waals surface area contributed by atoms with Crippen molar-refractivity contribution >= 4 is 21.8 Å². The van der Waals surface area contributed by atoms with E-state index >= 15 is 0 Å². The molecule has 0 unspecified atom stereocenters. The number of rotatable bonds is 7. The number of nitrogens with one attached hydrogen (secondary N) is 1. The quantitative estimate of drug-likeness (QED) is 0.425. The number of hydrogen-bond acceptors (Lipinski definition) is 6. The molecule has 3 N–H and O–H groups in total. The van der Waals surface area contributed by atoms with Crippen LogP contribution in [0.25, 0.3) is 11.1 Å². The van der Waals surface area contributed by atoms with Crippen LogP contribution >= 0.6 is 0 Å². The number of carbonyl (C=O) groups excluding carboxylic acids is 2. The van der Waals surface area contributed by atoms with Gasteiger partial charge in [0.2, 0.25) is 27.7 Å². The van der Waals surface area contributed by atoms with Crippen molar-refractivity contribution in [3.8, 4) is 11.1 Å². The number of amides is 2. The van der Waals surface area contributed by atoms with Crippen LogP contribution in [0.15, 0.2) is 59.8 Å². The lowest BCUT2D eigenvalue weighted by molar-refractivity contribution is -0.145. The van der Waals surface area contributed by atoms with E-state index in [1.165, 1.54) is 18.2 Å². The minimum absolute atomic E-state index is 0.0279. The minimum Gasteiger partial charge on any atom is -0.366 e. The number of nitrogens with two attached hydrogens (primary N) is 1. The molecule has 1 aliphatic carbocycles. The van der Waals surface area contributed by atoms with Crippen LogP contribution in [0.3, 0.4) is 0 Å². The molecule has 2 fully saturated rings. The minimum atomic E-state index is -4.71. The van der Waals surface area contributed by atoms with Crippen molar-refractivity contribution in [3.63, 3.8) is 0 Å². The number of alkyl halides is 3. The lowest BCUT2D eigenvalue weighted by atomic mass is 10.00. The Balaban J connectivity index is 1.37. The largest absolute Gasteiger partial charge is 0.451 e. The smallest absolute Gasteiger partial charge is 0.366 e. The molecule has 9 nitrogen and oxygen atoms in total. The van der Waals surface area contributed by atoms with Gasteiger partial charge in [0.1, 0.15) is 11.9 Å². The van der Waals surface area contributed by atoms with Gasteiger partial charge in [0.25, 0.3) is 0 Å². The Morgan fingerprint density at radius 3 is 2.33 bits per heavy atom. The van der Waals surface area contributed by atoms with Gasteiger partial charge in [-0.1, -0.05) is 6.07 Å². The zero-order valence-electron chi connectivity index (χ0n) is 20.0. The van der Waals surface area contributed by atoms with E-state index in [0.717, 1.165) is 41.0 Å². The number of aromatic nitrogens is 2. The first-order chi connectivity index (χ1) is 18.4. The molecule has 2 aliphatic rings. The predicted octanol–water partition coefficient (Wildman–Crippen LogP) is 2.73. The van der Waals surface area contributed by atoms with E-state index in [1.807, 2.05) is 0 Å². The van der Waals surface area contributed by atoms with Gasteiger partial charge in [0.05, 0.1) is 4.90 Å². The maximum Gasteiger partial charge on any atom is 0.451 e. The summed E-state index contributed by atoms with van der Waals surface area (Å²) in [5, 5.41) is 2.67. The second kappa shape index (κ2) is 9.68. The maximum atomic E-state index is 13.3. The van der Waals surface area contributed by atoms with Gasteiger partial charge in [-0.15, -0.1) is 0 Å². The molecule has 204 valence electrons. The molecule has 5 rings (SSSR count). The van der Waals surface area contributed by atoms with Crippen LogP contribution < -0.4 is 11.1 Å². The highest BCUT2D eigenvalue weighted by Gasteiger charge is 2.58. The summed E-state index contributed by atoms with van der Waals surface area (Å²) >= 11 is 0. The van der Waals surface area contributed by atoms with Crippen LogP contribution in [0.1, 0.15) is 28.2 Å². The van der Waals surface area contributed by atoms with Crippen molar-refractivity contribution in [2.75, 3.05) is 6.54 Å². The van der Waals surface area contributed by atoms with E-state index in [1.54, 1.807) is 0 Å². The summed E-state index contributed by atoms with van der Waals surface area (Å²) in [6, 6.07) is 7.63. The van der Waals surface area contributed by atoms with E-state index in [0.29, 0.717) is 12.0 Å². The molecule has 3 aromatic rings. The Kier molecular flexibility index (Phi) is 6.63. The molecule has 2 heterocycles. The molecular formula is C25H21F4N5O4S. The lowest BCUT2D eigenvalue weighted by Crippen LogP contribution is -2.48. The Morgan fingerprint density at radius 1 is 1.05 bits per heavy atom. The fraction of sp³-hybridized carbons (Fsp3) is 0.280. The number of nitrogens with zero attached hydrogens (tertiary/aromatic N) is 3. The first-order valence-electron chi connectivity index (χ1n) is 11.7. The number of carbonyl (C=O) groups is 2. The van der Waals surface area contributed by atoms with E-state index in [2.05, 4.69) is 15.3 Å². The van der Waals surface area contributed by atoms with Crippen molar-refractivity contribution in [2.45, 2.75) is 30.1 Å². The molecule has 2 amide bonds. The number of hydrogen-bond donors (Lipinski definition) is 2. The zero-order chi connectivity index (χ0) is 28.1. The highest BCUT2D eigenvalue weighted by atomic mass is 32.2. The third kappa shape index (κ3) is 5.21. The lowest BCUT2D eigenvalue weighted by Gasteiger charge is -2.26. The molecule has 0 radical (unpaired) electrons. The Hall–Kier alpha value is -3.91. The third-order valence-corrected chi connectivity index (χ3v) is 8.72. The molecule has 3 atom stereocenters. The number of halogens is 4. The average Bonchev–Trinajstić information content (AvgIpc) is 3.55. The maximum absolute atomic E-state index is 13.3. The van der Waals surface area contributed by atoms with Crippen molar-refractivity contribution in [1.82, 2.24) is 19.6 Å². The van der Waals surface area contributed by atoms with Gasteiger partial charge in [-0.3, -0.25) is 9.59 Å². The normalized spacial score (nSPS) is 20.9. The van der Waals surface area contributed by atoms with Crippen LogP contribution in [0.4, 0.5) is 17.6 Å². The van der Waals surface area contributed by atoms with Gasteiger partial charge in [-0.25, -0.2) is 22.8 Å². The molecule has 1 aromatic heterocycles. The molecule has 1 saturated carbocycles. The monoisotopic (exact) mass is 563 g/mol. The summed E-state index contributed by atoms with van der Waals surface area (Å²) in [7, 11) is -4.08. The molecule has 14 heteroatoms. The Morgan fingerprint density at radius 2 is 1.72 bits per heavy atom. The summed E-state index contributed by atoms with van der Waals surface area (Å²) in [6.07, 6.45) is -2.05. The summed E-state index contributed by atoms with van der Waals surface area (Å²) in [4.78, 5) is 31.8. The number of piperidine rings is 1. The second-order valence-electron chi connectivity index (χ2n) is 9.38. The van der Waals surface area contributed by atoms with Crippen molar-refractivity contribution in [3.05, 3.63) is 77.6 Å². The van der Waals surface area contributed by atoms with Gasteiger partial charge < -0.3 is 11.1 Å². The molecule has 2 aromatic carbocycles. The highest BCUT2D eigenvalue weighted by molar-refractivity contribution is 7.89. The third-order valence-electron chi connectivity index (χ3n) is 6.86. The number of sulfonamides is 1. The molecule has 0 bridgehead atoms. The van der Waals surface area contributed by atoms with Crippen LogP contribution in [0.2, 0.25) is 0 Å². The Bertz CT molecular complexity index is 1550. The average molecular weight is 564 g/mol. The van der Waals surface area contributed by atoms with Gasteiger partial charge in [0, 0.05) is 36.6 Å². The van der Waals surface area contributed by atoms with Crippen LogP contribution in [0.5, 0.6) is 0 Å². The SMILES string of the molecule is NC(=O)c1ccc(-c2cnc(C(F)(F)F)nc2)cc1CNC(=O)[C@@H]1[C@H]2C[C@H]2CN1S(=O)(=O)c1ccc(F)cc1. The van der Waals surface area contributed by atoms with Crippen molar-refractivity contribution in [1.29, 1.82) is 0 Å². The predicted molar refractivity (Wildman–Crippen MR) is 129 cm³/mol. The highest BCUT2D eigenvalue weighted by Crippen LogP contribution is 2.51. The molecular weight excluding hydrogens is 542 g/mol.